The molecule has 0 bridgehead atoms. The smallest absolute Gasteiger partial charge is 0.0947 e. The van der Waals surface area contributed by atoms with Crippen LogP contribution in [0.5, 0.6) is 0 Å². The number of hydrogen-bond acceptors (Lipinski definition) is 0. The van der Waals surface area contributed by atoms with Crippen molar-refractivity contribution < 1.29 is 0 Å². The minimum atomic E-state index is 0.390. The minimum absolute atomic E-state index is 0.390. The van der Waals surface area contributed by atoms with Crippen molar-refractivity contribution in [3.8, 4) is 11.1 Å². The molecule has 3 aliphatic carbocycles. The van der Waals surface area contributed by atoms with E-state index in [-0.39, 0.29) is 0 Å². The van der Waals surface area contributed by atoms with Gasteiger partial charge in [0.1, 0.15) is 7.85 Å². The van der Waals surface area contributed by atoms with E-state index in [4.69, 9.17) is 0 Å². The molecule has 0 heterocycles. The molecule has 0 aromatic heterocycles. The van der Waals surface area contributed by atoms with Gasteiger partial charge < -0.3 is 0 Å². The lowest BCUT2D eigenvalue weighted by Crippen LogP contribution is -2.40. The van der Waals surface area contributed by atoms with E-state index in [0.717, 1.165) is 12.8 Å². The Kier molecular flexibility index (Phi) is 4.42. The summed E-state index contributed by atoms with van der Waals surface area (Å²) in [6.45, 7) is 0. The van der Waals surface area contributed by atoms with Gasteiger partial charge >= 0.3 is 0 Å². The molecule has 3 aromatic carbocycles. The van der Waals surface area contributed by atoms with Crippen LogP contribution in [-0.4, -0.2) is 7.85 Å². The van der Waals surface area contributed by atoms with E-state index in [2.05, 4.69) is 111 Å². The summed E-state index contributed by atoms with van der Waals surface area (Å²) >= 11 is 0. The van der Waals surface area contributed by atoms with Crippen LogP contribution in [0.4, 0.5) is 0 Å². The van der Waals surface area contributed by atoms with Crippen molar-refractivity contribution in [1.82, 2.24) is 0 Å². The first-order chi connectivity index (χ1) is 15.3. The van der Waals surface area contributed by atoms with Crippen molar-refractivity contribution in [3.05, 3.63) is 124 Å². The Bertz CT molecular complexity index is 1400. The molecule has 0 aliphatic heterocycles. The van der Waals surface area contributed by atoms with Crippen LogP contribution in [0, 0.1) is 11.8 Å². The monoisotopic (exact) mass is 396 g/mol. The van der Waals surface area contributed by atoms with Crippen LogP contribution >= 0.6 is 0 Å². The maximum Gasteiger partial charge on any atom is 0.135 e. The maximum absolute atomic E-state index is 2.39. The fourth-order valence-corrected chi connectivity index (χ4v) is 5.54. The highest BCUT2D eigenvalue weighted by atomic mass is 14.3. The van der Waals surface area contributed by atoms with E-state index in [1.807, 2.05) is 0 Å². The predicted octanol–water partition coefficient (Wildman–Crippen LogP) is 4.63. The standard InChI is InChI=1S/C30H25B/c31-30-27-14-5-3-12-25(27)29(26-13-4-6-15-28(26)30)24-11-7-10-22(19-24)23-17-16-20-8-1-2-9-21(20)18-23/h2-7,9-19,25,27H,1,8,31H2. The Hall–Kier alpha value is -3.32. The Morgan fingerprint density at radius 2 is 1.48 bits per heavy atom. The zero-order valence-electron chi connectivity index (χ0n) is 17.9. The van der Waals surface area contributed by atoms with Gasteiger partial charge in [0.2, 0.25) is 0 Å². The summed E-state index contributed by atoms with van der Waals surface area (Å²) in [6.07, 6.45) is 16.0. The van der Waals surface area contributed by atoms with Gasteiger partial charge in [-0.2, -0.15) is 0 Å². The predicted molar refractivity (Wildman–Crippen MR) is 135 cm³/mol. The second kappa shape index (κ2) is 7.43. The summed E-state index contributed by atoms with van der Waals surface area (Å²) in [5.41, 5.74) is 9.69. The van der Waals surface area contributed by atoms with Gasteiger partial charge in [0.05, 0.1) is 0 Å². The number of hydrogen-bond donors (Lipinski definition) is 0. The van der Waals surface area contributed by atoms with Crippen LogP contribution in [0.15, 0.2) is 97.1 Å². The van der Waals surface area contributed by atoms with Crippen LogP contribution in [-0.2, 0) is 6.42 Å². The number of fused-ring (bicyclic) bond motifs is 3. The van der Waals surface area contributed by atoms with Crippen LogP contribution < -0.4 is 10.4 Å². The molecule has 6 rings (SSSR count). The molecule has 0 saturated carbocycles. The van der Waals surface area contributed by atoms with Gasteiger partial charge in [0, 0.05) is 11.8 Å². The van der Waals surface area contributed by atoms with Crippen LogP contribution in [0.1, 0.15) is 23.1 Å². The molecule has 2 atom stereocenters. The average molecular weight is 396 g/mol. The first-order valence-corrected chi connectivity index (χ1v) is 11.3. The first kappa shape index (κ1) is 18.5. The third-order valence-corrected chi connectivity index (χ3v) is 7.14. The van der Waals surface area contributed by atoms with Crippen molar-refractivity contribution in [2.24, 2.45) is 11.8 Å². The van der Waals surface area contributed by atoms with E-state index in [1.54, 1.807) is 0 Å². The highest BCUT2D eigenvalue weighted by Crippen LogP contribution is 2.37. The first-order valence-electron chi connectivity index (χ1n) is 11.3. The lowest BCUT2D eigenvalue weighted by molar-refractivity contribution is 0.697. The zero-order valence-corrected chi connectivity index (χ0v) is 17.9. The van der Waals surface area contributed by atoms with E-state index in [0.29, 0.717) is 11.8 Å². The summed E-state index contributed by atoms with van der Waals surface area (Å²) in [4.78, 5) is 0. The molecule has 0 spiro atoms. The second-order valence-electron chi connectivity index (χ2n) is 8.90. The minimum Gasteiger partial charge on any atom is -0.0947 e. The Morgan fingerprint density at radius 3 is 2.39 bits per heavy atom. The fraction of sp³-hybridized carbons (Fsp3) is 0.133. The van der Waals surface area contributed by atoms with E-state index < -0.39 is 0 Å². The number of allylic oxidation sites excluding steroid dienone is 5. The average Bonchev–Trinajstić information content (AvgIpc) is 2.84. The van der Waals surface area contributed by atoms with E-state index in [1.165, 1.54) is 49.3 Å². The van der Waals surface area contributed by atoms with Crippen molar-refractivity contribution in [3.63, 3.8) is 0 Å². The van der Waals surface area contributed by atoms with Gasteiger partial charge in [-0.1, -0.05) is 96.5 Å². The van der Waals surface area contributed by atoms with Crippen molar-refractivity contribution in [2.75, 3.05) is 0 Å². The summed E-state index contributed by atoms with van der Waals surface area (Å²) in [6, 6.07) is 25.0. The quantitative estimate of drug-likeness (QED) is 0.555. The lowest BCUT2D eigenvalue weighted by atomic mass is 9.66. The number of rotatable bonds is 2. The van der Waals surface area contributed by atoms with Gasteiger partial charge in [-0.05, 0) is 68.8 Å². The molecule has 1 heteroatoms. The molecule has 0 saturated heterocycles. The molecule has 2 unspecified atom stereocenters. The largest absolute Gasteiger partial charge is 0.135 e. The van der Waals surface area contributed by atoms with Gasteiger partial charge in [-0.3, -0.25) is 0 Å². The summed E-state index contributed by atoms with van der Waals surface area (Å²) in [5.74, 6) is 0.828. The maximum atomic E-state index is 2.39. The third-order valence-electron chi connectivity index (χ3n) is 7.14. The molecule has 0 radical (unpaired) electrons. The highest BCUT2D eigenvalue weighted by molar-refractivity contribution is 6.39. The van der Waals surface area contributed by atoms with Crippen molar-refractivity contribution in [2.45, 2.75) is 12.8 Å². The molecular formula is C30H25B. The van der Waals surface area contributed by atoms with E-state index in [9.17, 15) is 0 Å². The summed E-state index contributed by atoms with van der Waals surface area (Å²) in [7, 11) is 2.30. The van der Waals surface area contributed by atoms with Gasteiger partial charge in [-0.25, -0.2) is 0 Å². The Morgan fingerprint density at radius 1 is 0.710 bits per heavy atom. The van der Waals surface area contributed by atoms with Crippen LogP contribution in [0.3, 0.4) is 0 Å². The lowest BCUT2D eigenvalue weighted by Gasteiger charge is -2.32. The second-order valence-corrected chi connectivity index (χ2v) is 8.90. The normalized spacial score (nSPS) is 20.9. The number of benzene rings is 3. The summed E-state index contributed by atoms with van der Waals surface area (Å²) < 4.78 is 0. The molecule has 0 fully saturated rings. The Labute approximate surface area is 185 Å². The molecule has 0 N–H and O–H groups in total. The molecular weight excluding hydrogens is 371 g/mol. The van der Waals surface area contributed by atoms with Crippen LogP contribution in [0.2, 0.25) is 0 Å². The Balaban J connectivity index is 1.55. The highest BCUT2D eigenvalue weighted by Gasteiger charge is 2.28. The zero-order chi connectivity index (χ0) is 20.8. The third kappa shape index (κ3) is 3.08. The molecule has 148 valence electrons. The number of aryl methyl sites for hydroxylation is 1. The van der Waals surface area contributed by atoms with Crippen LogP contribution in [0.25, 0.3) is 28.2 Å². The molecule has 0 nitrogen and oxygen atoms in total. The van der Waals surface area contributed by atoms with Crippen molar-refractivity contribution in [1.29, 1.82) is 0 Å². The fourth-order valence-electron chi connectivity index (χ4n) is 5.54. The van der Waals surface area contributed by atoms with Crippen molar-refractivity contribution >= 4 is 25.0 Å². The molecule has 0 amide bonds. The van der Waals surface area contributed by atoms with Gasteiger partial charge in [-0.15, -0.1) is 0 Å². The molecule has 31 heavy (non-hydrogen) atoms. The SMILES string of the molecule is BC1=c2ccccc2=C(c2cccc(-c3ccc4c(c3)C=CCC4)c2)C2C=CC=CC12. The molecule has 3 aliphatic rings. The molecule has 3 aromatic rings. The van der Waals surface area contributed by atoms with E-state index >= 15 is 0 Å². The topological polar surface area (TPSA) is 0 Å². The van der Waals surface area contributed by atoms with Gasteiger partial charge in [0.15, 0.2) is 0 Å². The van der Waals surface area contributed by atoms with Gasteiger partial charge in [0.25, 0.3) is 0 Å². The summed E-state index contributed by atoms with van der Waals surface area (Å²) in [5, 5.41) is 2.77.